The van der Waals surface area contributed by atoms with Crippen LogP contribution in [0, 0.1) is 5.92 Å². The van der Waals surface area contributed by atoms with Gasteiger partial charge in [-0.3, -0.25) is 0 Å². The minimum absolute atomic E-state index is 0.150. The summed E-state index contributed by atoms with van der Waals surface area (Å²) in [6, 6.07) is 0. The summed E-state index contributed by atoms with van der Waals surface area (Å²) < 4.78 is 7.56. The molecule has 1 aromatic heterocycles. The van der Waals surface area contributed by atoms with Gasteiger partial charge in [0.05, 0.1) is 18.6 Å². The molecule has 0 aromatic carbocycles. The molecule has 2 rings (SSSR count). The molecule has 1 aliphatic rings. The number of imidazole rings is 1. The maximum atomic E-state index is 5.37. The Labute approximate surface area is 91.5 Å². The average molecular weight is 208 g/mol. The number of nitrogens with zero attached hydrogens (tertiary/aromatic N) is 2. The highest BCUT2D eigenvalue weighted by Gasteiger charge is 2.19. The molecule has 3 heteroatoms. The van der Waals surface area contributed by atoms with Crippen LogP contribution in [0.4, 0.5) is 0 Å². The third kappa shape index (κ3) is 2.59. The second-order valence-electron chi connectivity index (χ2n) is 5.44. The highest BCUT2D eigenvalue weighted by atomic mass is 16.5. The summed E-state index contributed by atoms with van der Waals surface area (Å²) in [6.07, 6.45) is 5.29. The predicted octanol–water partition coefficient (Wildman–Crippen LogP) is 2.22. The molecule has 2 heterocycles. The maximum Gasteiger partial charge on any atom is 0.0949 e. The topological polar surface area (TPSA) is 27.1 Å². The zero-order valence-electron chi connectivity index (χ0n) is 9.86. The molecule has 1 fully saturated rings. The molecular weight excluding hydrogens is 188 g/mol. The maximum absolute atomic E-state index is 5.37. The number of hydrogen-bond donors (Lipinski definition) is 0. The van der Waals surface area contributed by atoms with Gasteiger partial charge >= 0.3 is 0 Å². The first-order valence-electron chi connectivity index (χ1n) is 5.66. The molecule has 1 saturated heterocycles. The van der Waals surface area contributed by atoms with E-state index in [4.69, 9.17) is 4.74 Å². The standard InChI is InChI=1S/C12H20N2O/c1-12(2,3)11-7-14(9-13-11)6-10-4-5-15-8-10/h7,9-10H,4-6,8H2,1-3H3. The average Bonchev–Trinajstić information content (AvgIpc) is 2.73. The Balaban J connectivity index is 2.00. The van der Waals surface area contributed by atoms with E-state index < -0.39 is 0 Å². The molecule has 0 bridgehead atoms. The van der Waals surface area contributed by atoms with E-state index in [1.165, 1.54) is 12.1 Å². The van der Waals surface area contributed by atoms with E-state index in [2.05, 4.69) is 36.5 Å². The van der Waals surface area contributed by atoms with Gasteiger partial charge < -0.3 is 9.30 Å². The first kappa shape index (κ1) is 10.7. The van der Waals surface area contributed by atoms with E-state index in [0.717, 1.165) is 19.8 Å². The second-order valence-corrected chi connectivity index (χ2v) is 5.44. The molecule has 1 unspecified atom stereocenters. The summed E-state index contributed by atoms with van der Waals surface area (Å²) in [5, 5.41) is 0. The summed E-state index contributed by atoms with van der Waals surface area (Å²) in [7, 11) is 0. The van der Waals surface area contributed by atoms with E-state index >= 15 is 0 Å². The summed E-state index contributed by atoms with van der Waals surface area (Å²) in [6.45, 7) is 9.45. The zero-order chi connectivity index (χ0) is 10.9. The minimum Gasteiger partial charge on any atom is -0.381 e. The Kier molecular flexibility index (Phi) is 2.83. The number of hydrogen-bond acceptors (Lipinski definition) is 2. The first-order valence-corrected chi connectivity index (χ1v) is 5.66. The van der Waals surface area contributed by atoms with Crippen molar-refractivity contribution in [3.63, 3.8) is 0 Å². The van der Waals surface area contributed by atoms with Gasteiger partial charge in [0.15, 0.2) is 0 Å². The third-order valence-corrected chi connectivity index (χ3v) is 2.89. The number of rotatable bonds is 2. The molecule has 0 radical (unpaired) electrons. The molecule has 1 aromatic rings. The van der Waals surface area contributed by atoms with Crippen molar-refractivity contribution in [2.45, 2.75) is 39.2 Å². The molecule has 0 aliphatic carbocycles. The summed E-state index contributed by atoms with van der Waals surface area (Å²) >= 11 is 0. The van der Waals surface area contributed by atoms with Gasteiger partial charge in [-0.25, -0.2) is 4.98 Å². The van der Waals surface area contributed by atoms with Gasteiger partial charge in [0.1, 0.15) is 0 Å². The second kappa shape index (κ2) is 3.97. The smallest absolute Gasteiger partial charge is 0.0949 e. The van der Waals surface area contributed by atoms with Gasteiger partial charge in [-0.15, -0.1) is 0 Å². The van der Waals surface area contributed by atoms with E-state index in [1.54, 1.807) is 0 Å². The van der Waals surface area contributed by atoms with Gasteiger partial charge in [0.2, 0.25) is 0 Å². The normalized spacial score (nSPS) is 22.2. The Hall–Kier alpha value is -0.830. The Bertz CT molecular complexity index is 319. The first-order chi connectivity index (χ1) is 7.05. The summed E-state index contributed by atoms with van der Waals surface area (Å²) in [4.78, 5) is 4.45. The third-order valence-electron chi connectivity index (χ3n) is 2.89. The molecule has 1 aliphatic heterocycles. The van der Waals surface area contributed by atoms with Crippen LogP contribution < -0.4 is 0 Å². The molecule has 0 spiro atoms. The van der Waals surface area contributed by atoms with Crippen molar-refractivity contribution in [1.82, 2.24) is 9.55 Å². The zero-order valence-corrected chi connectivity index (χ0v) is 9.86. The van der Waals surface area contributed by atoms with Crippen molar-refractivity contribution in [2.24, 2.45) is 5.92 Å². The van der Waals surface area contributed by atoms with Crippen molar-refractivity contribution in [3.8, 4) is 0 Å². The fourth-order valence-corrected chi connectivity index (χ4v) is 1.87. The Morgan fingerprint density at radius 3 is 2.87 bits per heavy atom. The van der Waals surface area contributed by atoms with Crippen LogP contribution in [-0.4, -0.2) is 22.8 Å². The van der Waals surface area contributed by atoms with Crippen LogP contribution in [0.3, 0.4) is 0 Å². The van der Waals surface area contributed by atoms with Crippen LogP contribution in [0.5, 0.6) is 0 Å². The Morgan fingerprint density at radius 1 is 1.53 bits per heavy atom. The van der Waals surface area contributed by atoms with Crippen molar-refractivity contribution >= 4 is 0 Å². The molecule has 0 amide bonds. The van der Waals surface area contributed by atoms with Crippen LogP contribution in [0.1, 0.15) is 32.9 Å². The van der Waals surface area contributed by atoms with Gasteiger partial charge in [-0.05, 0) is 6.42 Å². The van der Waals surface area contributed by atoms with Crippen LogP contribution in [0.2, 0.25) is 0 Å². The number of aromatic nitrogens is 2. The van der Waals surface area contributed by atoms with Crippen molar-refractivity contribution in [1.29, 1.82) is 0 Å². The van der Waals surface area contributed by atoms with Crippen molar-refractivity contribution < 1.29 is 4.74 Å². The predicted molar refractivity (Wildman–Crippen MR) is 59.9 cm³/mol. The van der Waals surface area contributed by atoms with Crippen molar-refractivity contribution in [3.05, 3.63) is 18.2 Å². The lowest BCUT2D eigenvalue weighted by Gasteiger charge is -2.14. The molecule has 1 atom stereocenters. The van der Waals surface area contributed by atoms with Crippen LogP contribution in [0.15, 0.2) is 12.5 Å². The van der Waals surface area contributed by atoms with Gasteiger partial charge in [-0.2, -0.15) is 0 Å². The lowest BCUT2D eigenvalue weighted by molar-refractivity contribution is 0.182. The fraction of sp³-hybridized carbons (Fsp3) is 0.750. The lowest BCUT2D eigenvalue weighted by atomic mass is 9.93. The molecule has 3 nitrogen and oxygen atoms in total. The lowest BCUT2D eigenvalue weighted by Crippen LogP contribution is -2.12. The number of ether oxygens (including phenoxy) is 1. The van der Waals surface area contributed by atoms with Gasteiger partial charge in [-0.1, -0.05) is 20.8 Å². The summed E-state index contributed by atoms with van der Waals surface area (Å²) in [5.41, 5.74) is 1.32. The van der Waals surface area contributed by atoms with E-state index in [9.17, 15) is 0 Å². The Morgan fingerprint density at radius 2 is 2.33 bits per heavy atom. The molecule has 15 heavy (non-hydrogen) atoms. The van der Waals surface area contributed by atoms with E-state index in [1.807, 2.05) is 6.33 Å². The van der Waals surface area contributed by atoms with E-state index in [0.29, 0.717) is 5.92 Å². The highest BCUT2D eigenvalue weighted by Crippen LogP contribution is 2.21. The summed E-state index contributed by atoms with van der Waals surface area (Å²) in [5.74, 6) is 0.673. The van der Waals surface area contributed by atoms with Crippen LogP contribution in [0.25, 0.3) is 0 Å². The van der Waals surface area contributed by atoms with Crippen molar-refractivity contribution in [2.75, 3.05) is 13.2 Å². The van der Waals surface area contributed by atoms with E-state index in [-0.39, 0.29) is 5.41 Å². The molecule has 0 N–H and O–H groups in total. The minimum atomic E-state index is 0.150. The quantitative estimate of drug-likeness (QED) is 0.745. The van der Waals surface area contributed by atoms with Crippen LogP contribution in [-0.2, 0) is 16.7 Å². The molecule has 84 valence electrons. The largest absolute Gasteiger partial charge is 0.381 e. The highest BCUT2D eigenvalue weighted by molar-refractivity contribution is 5.08. The van der Waals surface area contributed by atoms with Gasteiger partial charge in [0, 0.05) is 30.7 Å². The van der Waals surface area contributed by atoms with Gasteiger partial charge in [0.25, 0.3) is 0 Å². The monoisotopic (exact) mass is 208 g/mol. The molecule has 0 saturated carbocycles. The molecular formula is C12H20N2O. The SMILES string of the molecule is CC(C)(C)c1cn(CC2CCOC2)cn1. The van der Waals surface area contributed by atoms with Crippen LogP contribution >= 0.6 is 0 Å². The fourth-order valence-electron chi connectivity index (χ4n) is 1.87.